The van der Waals surface area contributed by atoms with Crippen LogP contribution in [0.15, 0.2) is 134 Å². The lowest BCUT2D eigenvalue weighted by molar-refractivity contribution is 0.211. The van der Waals surface area contributed by atoms with Crippen LogP contribution >= 0.6 is 23.2 Å². The second kappa shape index (κ2) is 18.6. The molecule has 0 saturated heterocycles. The molecule has 0 aliphatic carbocycles. The van der Waals surface area contributed by atoms with Gasteiger partial charge in [-0.25, -0.2) is 14.7 Å². The van der Waals surface area contributed by atoms with E-state index in [9.17, 15) is 4.79 Å². The Morgan fingerprint density at radius 2 is 1.52 bits per heavy atom. The van der Waals surface area contributed by atoms with Crippen molar-refractivity contribution in [2.45, 2.75) is 59.2 Å². The number of anilines is 5. The van der Waals surface area contributed by atoms with E-state index in [2.05, 4.69) is 111 Å². The predicted octanol–water partition coefficient (Wildman–Crippen LogP) is 11.2. The van der Waals surface area contributed by atoms with Crippen LogP contribution in [-0.2, 0) is 11.0 Å². The molecular weight excluding hydrogens is 808 g/mol. The summed E-state index contributed by atoms with van der Waals surface area (Å²) in [4.78, 5) is 30.1. The number of hydrogen-bond donors (Lipinski definition) is 1. The Bertz CT molecular complexity index is 2360. The number of nitrogens with one attached hydrogen (secondary N) is 1. The summed E-state index contributed by atoms with van der Waals surface area (Å²) < 4.78 is 13.5. The molecule has 310 valence electrons. The monoisotopic (exact) mass is 858 g/mol. The van der Waals surface area contributed by atoms with E-state index >= 15 is 0 Å². The summed E-state index contributed by atoms with van der Waals surface area (Å²) in [6.45, 7) is 16.9. The number of halogens is 2. The number of fused-ring (bicyclic) bond motifs is 1. The van der Waals surface area contributed by atoms with Crippen LogP contribution in [-0.4, -0.2) is 55.5 Å². The van der Waals surface area contributed by atoms with Crippen LogP contribution in [0.25, 0.3) is 0 Å². The van der Waals surface area contributed by atoms with Crippen LogP contribution < -0.4 is 30.2 Å². The van der Waals surface area contributed by atoms with Crippen molar-refractivity contribution in [3.05, 3.63) is 155 Å². The summed E-state index contributed by atoms with van der Waals surface area (Å²) in [5, 5.41) is 6.33. The van der Waals surface area contributed by atoms with Crippen molar-refractivity contribution in [1.29, 1.82) is 0 Å². The summed E-state index contributed by atoms with van der Waals surface area (Å²) >= 11 is 13.0. The van der Waals surface area contributed by atoms with Crippen molar-refractivity contribution in [1.82, 2.24) is 14.9 Å². The van der Waals surface area contributed by atoms with Gasteiger partial charge in [0.2, 0.25) is 5.95 Å². The minimum absolute atomic E-state index is 0.207. The van der Waals surface area contributed by atoms with Gasteiger partial charge in [-0.1, -0.05) is 131 Å². The molecule has 1 unspecified atom stereocenters. The van der Waals surface area contributed by atoms with Gasteiger partial charge in [0.05, 0.1) is 29.0 Å². The summed E-state index contributed by atoms with van der Waals surface area (Å²) in [6, 6.07) is 41.7. The SMILES string of the molecule is CCN(CC)CCOc1ccc(Nc2ncc3c(n2)N(c2cccc(C(C)O[Si](c4ccccc4)(c4ccccc4)C(C)(C)C)c2)C(=O)N(c2ccc(Cl)cc2Cl)C3)cc1. The topological polar surface area (TPSA) is 83.1 Å². The lowest BCUT2D eigenvalue weighted by atomic mass is 10.1. The first-order valence-corrected chi connectivity index (χ1v) is 23.1. The van der Waals surface area contributed by atoms with Gasteiger partial charge in [0.25, 0.3) is 8.32 Å². The lowest BCUT2D eigenvalue weighted by Crippen LogP contribution is -2.66. The molecule has 0 saturated carbocycles. The number of amides is 2. The summed E-state index contributed by atoms with van der Waals surface area (Å²) in [5.74, 6) is 1.59. The number of hydrogen-bond acceptors (Lipinski definition) is 7. The molecule has 9 nitrogen and oxygen atoms in total. The van der Waals surface area contributed by atoms with E-state index in [-0.39, 0.29) is 23.7 Å². The normalized spacial score (nSPS) is 13.7. The highest BCUT2D eigenvalue weighted by Crippen LogP contribution is 2.42. The van der Waals surface area contributed by atoms with Gasteiger partial charge in [-0.15, -0.1) is 0 Å². The molecule has 0 radical (unpaired) electrons. The molecule has 12 heteroatoms. The smallest absolute Gasteiger partial charge is 0.335 e. The molecule has 1 N–H and O–H groups in total. The van der Waals surface area contributed by atoms with Crippen molar-refractivity contribution in [3.63, 3.8) is 0 Å². The minimum atomic E-state index is -2.91. The highest BCUT2D eigenvalue weighted by molar-refractivity contribution is 6.99. The molecule has 1 aliphatic heterocycles. The fourth-order valence-corrected chi connectivity index (χ4v) is 13.1. The number of urea groups is 1. The fourth-order valence-electron chi connectivity index (χ4n) is 7.87. The van der Waals surface area contributed by atoms with E-state index in [1.807, 2.05) is 54.6 Å². The van der Waals surface area contributed by atoms with Crippen LogP contribution in [0, 0.1) is 0 Å². The van der Waals surface area contributed by atoms with E-state index in [0.29, 0.717) is 39.8 Å². The number of carbonyl (C=O) groups excluding carboxylic acids is 1. The number of rotatable bonds is 15. The van der Waals surface area contributed by atoms with Crippen LogP contribution in [0.1, 0.15) is 58.8 Å². The zero-order valence-electron chi connectivity index (χ0n) is 35.0. The Balaban J connectivity index is 1.24. The van der Waals surface area contributed by atoms with Crippen molar-refractivity contribution < 1.29 is 14.0 Å². The van der Waals surface area contributed by atoms with E-state index < -0.39 is 8.32 Å². The Labute approximate surface area is 365 Å². The average Bonchev–Trinajstić information content (AvgIpc) is 3.25. The van der Waals surface area contributed by atoms with E-state index in [0.717, 1.165) is 42.2 Å². The van der Waals surface area contributed by atoms with E-state index in [1.165, 1.54) is 10.4 Å². The van der Waals surface area contributed by atoms with Gasteiger partial charge in [0, 0.05) is 29.0 Å². The minimum Gasteiger partial charge on any atom is -0.492 e. The van der Waals surface area contributed by atoms with Crippen molar-refractivity contribution in [2.75, 3.05) is 41.4 Å². The lowest BCUT2D eigenvalue weighted by Gasteiger charge is -2.44. The zero-order valence-corrected chi connectivity index (χ0v) is 37.5. The third-order valence-electron chi connectivity index (χ3n) is 11.1. The molecule has 60 heavy (non-hydrogen) atoms. The summed E-state index contributed by atoms with van der Waals surface area (Å²) in [5.41, 5.74) is 3.60. The molecule has 2 amide bonds. The first-order chi connectivity index (χ1) is 28.9. The maximum atomic E-state index is 14.8. The third kappa shape index (κ3) is 9.08. The molecule has 1 atom stereocenters. The quantitative estimate of drug-likeness (QED) is 0.103. The molecule has 1 aliphatic rings. The second-order valence-electron chi connectivity index (χ2n) is 15.9. The van der Waals surface area contributed by atoms with Crippen molar-refractivity contribution in [3.8, 4) is 5.75 Å². The predicted molar refractivity (Wildman–Crippen MR) is 249 cm³/mol. The maximum absolute atomic E-state index is 14.8. The number of nitrogens with zero attached hydrogens (tertiary/aromatic N) is 5. The second-order valence-corrected chi connectivity index (χ2v) is 21.0. The molecule has 0 spiro atoms. The molecule has 7 rings (SSSR count). The number of likely N-dealkylation sites (N-methyl/N-ethyl adjacent to an activating group) is 1. The Morgan fingerprint density at radius 1 is 0.850 bits per heavy atom. The average molecular weight is 860 g/mol. The van der Waals surface area contributed by atoms with Gasteiger partial charge < -0.3 is 19.4 Å². The molecule has 6 aromatic rings. The molecular formula is C48H52Cl2N6O3Si. The van der Waals surface area contributed by atoms with Crippen LogP contribution in [0.2, 0.25) is 15.1 Å². The van der Waals surface area contributed by atoms with Gasteiger partial charge in [-0.3, -0.25) is 4.90 Å². The van der Waals surface area contributed by atoms with E-state index in [1.54, 1.807) is 34.2 Å². The summed E-state index contributed by atoms with van der Waals surface area (Å²) in [6.07, 6.45) is 1.41. The van der Waals surface area contributed by atoms with E-state index in [4.69, 9.17) is 37.3 Å². The van der Waals surface area contributed by atoms with Gasteiger partial charge in [0.1, 0.15) is 12.4 Å². The van der Waals surface area contributed by atoms with Crippen molar-refractivity contribution >= 4 is 76.8 Å². The van der Waals surface area contributed by atoms with Gasteiger partial charge in [-0.05, 0) is 95.6 Å². The third-order valence-corrected chi connectivity index (χ3v) is 16.7. The molecule has 5 aromatic carbocycles. The fraction of sp³-hybridized carbons (Fsp3) is 0.271. The number of carbonyl (C=O) groups is 1. The largest absolute Gasteiger partial charge is 0.492 e. The van der Waals surface area contributed by atoms with Gasteiger partial charge in [-0.2, -0.15) is 4.98 Å². The first-order valence-electron chi connectivity index (χ1n) is 20.5. The van der Waals surface area contributed by atoms with Gasteiger partial charge in [0.15, 0.2) is 5.82 Å². The highest BCUT2D eigenvalue weighted by Gasteiger charge is 2.51. The highest BCUT2D eigenvalue weighted by atomic mass is 35.5. The molecule has 0 bridgehead atoms. The summed E-state index contributed by atoms with van der Waals surface area (Å²) in [7, 11) is -2.91. The van der Waals surface area contributed by atoms with Crippen molar-refractivity contribution in [2.24, 2.45) is 0 Å². The Morgan fingerprint density at radius 3 is 2.13 bits per heavy atom. The van der Waals surface area contributed by atoms with Crippen LogP contribution in [0.4, 0.5) is 33.6 Å². The van der Waals surface area contributed by atoms with Crippen LogP contribution in [0.5, 0.6) is 5.75 Å². The van der Waals surface area contributed by atoms with Crippen LogP contribution in [0.3, 0.4) is 0 Å². The zero-order chi connectivity index (χ0) is 42.4. The number of benzene rings is 5. The number of aromatic nitrogens is 2. The molecule has 1 aromatic heterocycles. The molecule has 0 fully saturated rings. The Hall–Kier alpha value is -5.23. The number of ether oxygens (including phenoxy) is 1. The Kier molecular flexibility index (Phi) is 13.3. The molecule has 2 heterocycles. The standard InChI is InChI=1S/C48H52Cl2N6O3Si/c1-7-54(8-2)28-29-58-40-25-23-38(24-26-40)52-46-51-32-36-33-55(44-27-22-37(49)31-43(44)50)47(57)56(45(36)53-46)39-17-15-16-35(30-39)34(3)59-60(48(4,5)6,41-18-11-9-12-19-41)42-20-13-10-14-21-42/h9-27,30-32,34H,7-8,28-29,33H2,1-6H3,(H,51,52,53). The first kappa shape index (κ1) is 42.9. The maximum Gasteiger partial charge on any atom is 0.335 e. The van der Waals surface area contributed by atoms with Gasteiger partial charge >= 0.3 is 6.03 Å².